The molecule has 2 aromatic rings. The van der Waals surface area contributed by atoms with Crippen molar-refractivity contribution in [1.29, 1.82) is 0 Å². The van der Waals surface area contributed by atoms with Crippen LogP contribution >= 0.6 is 27.5 Å². The first-order valence-corrected chi connectivity index (χ1v) is 8.45. The largest absolute Gasteiger partial charge is 0.494 e. The van der Waals surface area contributed by atoms with E-state index in [4.69, 9.17) is 16.3 Å². The number of carbonyl (C=O) groups excluding carboxylic acids is 2. The van der Waals surface area contributed by atoms with E-state index in [1.165, 1.54) is 0 Å². The lowest BCUT2D eigenvalue weighted by Crippen LogP contribution is -2.41. The number of carbonyl (C=O) groups is 2. The highest BCUT2D eigenvalue weighted by Gasteiger charge is 2.07. The summed E-state index contributed by atoms with van der Waals surface area (Å²) in [5, 5.41) is 0.543. The molecule has 0 aliphatic carbocycles. The van der Waals surface area contributed by atoms with E-state index in [9.17, 15) is 9.59 Å². The van der Waals surface area contributed by atoms with Crippen molar-refractivity contribution in [3.63, 3.8) is 0 Å². The van der Waals surface area contributed by atoms with Gasteiger partial charge in [-0.2, -0.15) is 0 Å². The third-order valence-corrected chi connectivity index (χ3v) is 3.83. The van der Waals surface area contributed by atoms with E-state index in [2.05, 4.69) is 26.8 Å². The van der Waals surface area contributed by atoms with Gasteiger partial charge in [-0.1, -0.05) is 27.5 Å². The van der Waals surface area contributed by atoms with Gasteiger partial charge in [-0.25, -0.2) is 0 Å². The monoisotopic (exact) mass is 410 g/mol. The first-order valence-electron chi connectivity index (χ1n) is 7.28. The van der Waals surface area contributed by atoms with Gasteiger partial charge in [0.15, 0.2) is 0 Å². The Balaban J connectivity index is 1.63. The third kappa shape index (κ3) is 6.22. The quantitative estimate of drug-likeness (QED) is 0.562. The Kier molecular flexibility index (Phi) is 7.08. The number of nitrogens with one attached hydrogen (secondary N) is 2. The molecule has 0 bridgehead atoms. The first kappa shape index (κ1) is 18.3. The lowest BCUT2D eigenvalue weighted by Gasteiger charge is -2.08. The van der Waals surface area contributed by atoms with E-state index in [0.29, 0.717) is 23.6 Å². The third-order valence-electron chi connectivity index (χ3n) is 3.05. The zero-order valence-corrected chi connectivity index (χ0v) is 15.1. The predicted molar refractivity (Wildman–Crippen MR) is 95.9 cm³/mol. The number of halogens is 2. The van der Waals surface area contributed by atoms with Gasteiger partial charge >= 0.3 is 0 Å². The van der Waals surface area contributed by atoms with Gasteiger partial charge in [0.2, 0.25) is 5.91 Å². The smallest absolute Gasteiger partial charge is 0.269 e. The van der Waals surface area contributed by atoms with Crippen molar-refractivity contribution < 1.29 is 14.3 Å². The molecule has 0 spiro atoms. The van der Waals surface area contributed by atoms with Gasteiger partial charge in [-0.15, -0.1) is 0 Å². The summed E-state index contributed by atoms with van der Waals surface area (Å²) >= 11 is 9.10. The standard InChI is InChI=1S/C17H16BrClN2O3/c18-13-5-9-15(10-6-13)24-11-1-2-16(22)20-21-17(23)12-3-7-14(19)8-4-12/h3-10H,1-2,11H2,(H,20,22)(H,21,23). The normalized spacial score (nSPS) is 10.1. The summed E-state index contributed by atoms with van der Waals surface area (Å²) in [5.41, 5.74) is 5.14. The maximum atomic E-state index is 11.8. The number of benzene rings is 2. The summed E-state index contributed by atoms with van der Waals surface area (Å²) in [6.07, 6.45) is 0.788. The van der Waals surface area contributed by atoms with Crippen LogP contribution < -0.4 is 15.6 Å². The second-order valence-electron chi connectivity index (χ2n) is 4.92. The minimum atomic E-state index is -0.397. The highest BCUT2D eigenvalue weighted by Crippen LogP contribution is 2.16. The molecule has 2 N–H and O–H groups in total. The van der Waals surface area contributed by atoms with Crippen LogP contribution in [0.1, 0.15) is 23.2 Å². The van der Waals surface area contributed by atoms with Crippen LogP contribution in [0.15, 0.2) is 53.0 Å². The summed E-state index contributed by atoms with van der Waals surface area (Å²) in [6.45, 7) is 0.417. The van der Waals surface area contributed by atoms with Crippen molar-refractivity contribution in [3.05, 3.63) is 63.6 Å². The Hall–Kier alpha value is -2.05. The van der Waals surface area contributed by atoms with Crippen molar-refractivity contribution in [2.24, 2.45) is 0 Å². The second kappa shape index (κ2) is 9.30. The van der Waals surface area contributed by atoms with Gasteiger partial charge in [0.25, 0.3) is 5.91 Å². The zero-order valence-electron chi connectivity index (χ0n) is 12.7. The van der Waals surface area contributed by atoms with Crippen molar-refractivity contribution >= 4 is 39.3 Å². The van der Waals surface area contributed by atoms with Crippen molar-refractivity contribution in [1.82, 2.24) is 10.9 Å². The van der Waals surface area contributed by atoms with E-state index >= 15 is 0 Å². The average Bonchev–Trinajstić information content (AvgIpc) is 2.59. The molecule has 0 fully saturated rings. The fourth-order valence-corrected chi connectivity index (χ4v) is 2.21. The molecule has 0 aromatic heterocycles. The lowest BCUT2D eigenvalue weighted by atomic mass is 10.2. The average molecular weight is 412 g/mol. The molecule has 24 heavy (non-hydrogen) atoms. The number of hydrazine groups is 1. The van der Waals surface area contributed by atoms with Gasteiger partial charge < -0.3 is 4.74 Å². The summed E-state index contributed by atoms with van der Waals surface area (Å²) in [4.78, 5) is 23.5. The number of amides is 2. The molecule has 0 atom stereocenters. The molecule has 2 amide bonds. The van der Waals surface area contributed by atoms with Crippen LogP contribution in [-0.2, 0) is 4.79 Å². The van der Waals surface area contributed by atoms with Crippen LogP contribution in [-0.4, -0.2) is 18.4 Å². The lowest BCUT2D eigenvalue weighted by molar-refractivity contribution is -0.122. The highest BCUT2D eigenvalue weighted by molar-refractivity contribution is 9.10. The van der Waals surface area contributed by atoms with E-state index in [1.807, 2.05) is 24.3 Å². The molecule has 7 heteroatoms. The first-order chi connectivity index (χ1) is 11.5. The summed E-state index contributed by atoms with van der Waals surface area (Å²) in [7, 11) is 0. The van der Waals surface area contributed by atoms with E-state index in [-0.39, 0.29) is 12.3 Å². The molecule has 0 heterocycles. The predicted octanol–water partition coefficient (Wildman–Crippen LogP) is 3.72. The Bertz CT molecular complexity index is 690. The van der Waals surface area contributed by atoms with Gasteiger partial charge in [-0.05, 0) is 55.0 Å². The molecular weight excluding hydrogens is 396 g/mol. The summed E-state index contributed by atoms with van der Waals surface area (Å²) in [5.74, 6) is 0.0671. The van der Waals surface area contributed by atoms with Crippen LogP contribution in [0, 0.1) is 0 Å². The van der Waals surface area contributed by atoms with Crippen molar-refractivity contribution in [2.45, 2.75) is 12.8 Å². The van der Waals surface area contributed by atoms with Crippen LogP contribution in [0.3, 0.4) is 0 Å². The molecule has 126 valence electrons. The van der Waals surface area contributed by atoms with Crippen LogP contribution in [0.2, 0.25) is 5.02 Å². The minimum Gasteiger partial charge on any atom is -0.494 e. The summed E-state index contributed by atoms with van der Waals surface area (Å²) in [6, 6.07) is 13.8. The maximum Gasteiger partial charge on any atom is 0.269 e. The Labute approximate surface area is 153 Å². The molecule has 5 nitrogen and oxygen atoms in total. The van der Waals surface area contributed by atoms with E-state index in [1.54, 1.807) is 24.3 Å². The molecule has 2 rings (SSSR count). The highest BCUT2D eigenvalue weighted by atomic mass is 79.9. The van der Waals surface area contributed by atoms with Crippen molar-refractivity contribution in [3.8, 4) is 5.75 Å². The van der Waals surface area contributed by atoms with Gasteiger partial charge in [0.1, 0.15) is 5.75 Å². The van der Waals surface area contributed by atoms with Gasteiger partial charge in [0, 0.05) is 21.5 Å². The molecular formula is C17H16BrClN2O3. The maximum absolute atomic E-state index is 11.8. The SMILES string of the molecule is O=C(CCCOc1ccc(Br)cc1)NNC(=O)c1ccc(Cl)cc1. The van der Waals surface area contributed by atoms with E-state index in [0.717, 1.165) is 10.2 Å². The van der Waals surface area contributed by atoms with Crippen LogP contribution in [0.5, 0.6) is 5.75 Å². The number of hydrogen-bond donors (Lipinski definition) is 2. The molecule has 0 unspecified atom stereocenters. The van der Waals surface area contributed by atoms with Gasteiger partial charge in [-0.3, -0.25) is 20.4 Å². The summed E-state index contributed by atoms with van der Waals surface area (Å²) < 4.78 is 6.49. The number of rotatable bonds is 6. The van der Waals surface area contributed by atoms with Gasteiger partial charge in [0.05, 0.1) is 6.61 Å². The Morgan fingerprint density at radius 3 is 2.33 bits per heavy atom. The topological polar surface area (TPSA) is 67.4 Å². The fraction of sp³-hybridized carbons (Fsp3) is 0.176. The number of ether oxygens (including phenoxy) is 1. The second-order valence-corrected chi connectivity index (χ2v) is 6.27. The molecule has 2 aromatic carbocycles. The molecule has 0 aliphatic rings. The minimum absolute atomic E-state index is 0.247. The molecule has 0 aliphatic heterocycles. The zero-order chi connectivity index (χ0) is 17.4. The molecule has 0 saturated heterocycles. The Morgan fingerprint density at radius 1 is 1.00 bits per heavy atom. The number of hydrogen-bond acceptors (Lipinski definition) is 3. The van der Waals surface area contributed by atoms with Crippen LogP contribution in [0.25, 0.3) is 0 Å². The molecule has 0 radical (unpaired) electrons. The van der Waals surface area contributed by atoms with Crippen LogP contribution in [0.4, 0.5) is 0 Å². The van der Waals surface area contributed by atoms with Crippen molar-refractivity contribution in [2.75, 3.05) is 6.61 Å². The fourth-order valence-electron chi connectivity index (χ4n) is 1.82. The van der Waals surface area contributed by atoms with E-state index < -0.39 is 5.91 Å². The Morgan fingerprint density at radius 2 is 1.67 bits per heavy atom. The molecule has 0 saturated carbocycles.